The van der Waals surface area contributed by atoms with E-state index in [0.717, 1.165) is 11.3 Å². The maximum atomic E-state index is 13.0. The van der Waals surface area contributed by atoms with E-state index in [1.54, 1.807) is 36.2 Å². The van der Waals surface area contributed by atoms with E-state index in [2.05, 4.69) is 20.4 Å². The van der Waals surface area contributed by atoms with Crippen molar-refractivity contribution >= 4 is 17.2 Å². The summed E-state index contributed by atoms with van der Waals surface area (Å²) in [5.74, 6) is 1.42. The van der Waals surface area contributed by atoms with Crippen molar-refractivity contribution in [1.82, 2.24) is 24.1 Å². The summed E-state index contributed by atoms with van der Waals surface area (Å²) in [6.07, 6.45) is 7.06. The number of anilines is 1. The number of ether oxygens (including phenoxy) is 2. The van der Waals surface area contributed by atoms with Crippen molar-refractivity contribution in [3.8, 4) is 17.3 Å². The van der Waals surface area contributed by atoms with Crippen LogP contribution in [-0.4, -0.2) is 37.2 Å². The van der Waals surface area contributed by atoms with Crippen LogP contribution in [0.3, 0.4) is 0 Å². The third-order valence-corrected chi connectivity index (χ3v) is 5.33. The molecule has 4 aromatic heterocycles. The summed E-state index contributed by atoms with van der Waals surface area (Å²) in [5, 5.41) is 7.22. The first kappa shape index (κ1) is 21.2. The van der Waals surface area contributed by atoms with Crippen molar-refractivity contribution in [2.75, 3.05) is 12.4 Å². The van der Waals surface area contributed by atoms with E-state index in [1.807, 2.05) is 60.1 Å². The third kappa shape index (κ3) is 4.18. The van der Waals surface area contributed by atoms with Gasteiger partial charge in [0, 0.05) is 30.3 Å². The molecule has 5 aromatic rings. The number of carbonyl (C=O) groups is 1. The number of fused-ring (bicyclic) bond motifs is 1. The number of amides is 1. The van der Waals surface area contributed by atoms with Gasteiger partial charge in [0.15, 0.2) is 17.3 Å². The van der Waals surface area contributed by atoms with Gasteiger partial charge in [-0.3, -0.25) is 4.79 Å². The molecule has 34 heavy (non-hydrogen) atoms. The molecule has 170 valence electrons. The van der Waals surface area contributed by atoms with Crippen LogP contribution in [0.2, 0.25) is 0 Å². The molecule has 0 fully saturated rings. The zero-order chi connectivity index (χ0) is 23.5. The van der Waals surface area contributed by atoms with E-state index in [1.165, 1.54) is 6.20 Å². The monoisotopic (exact) mass is 454 g/mol. The van der Waals surface area contributed by atoms with Crippen LogP contribution in [-0.2, 0) is 6.61 Å². The molecule has 4 heterocycles. The predicted octanol–water partition coefficient (Wildman–Crippen LogP) is 4.06. The van der Waals surface area contributed by atoms with Crippen molar-refractivity contribution in [1.29, 1.82) is 0 Å². The Kier molecular flexibility index (Phi) is 5.65. The van der Waals surface area contributed by atoms with Crippen molar-refractivity contribution in [3.05, 3.63) is 96.3 Å². The minimum atomic E-state index is -0.281. The van der Waals surface area contributed by atoms with Gasteiger partial charge < -0.3 is 19.2 Å². The first-order valence-corrected chi connectivity index (χ1v) is 10.6. The summed E-state index contributed by atoms with van der Waals surface area (Å²) in [6.45, 7) is 2.08. The highest BCUT2D eigenvalue weighted by atomic mass is 16.5. The Bertz CT molecular complexity index is 1430. The van der Waals surface area contributed by atoms with E-state index in [9.17, 15) is 4.79 Å². The highest BCUT2D eigenvalue weighted by Gasteiger charge is 2.17. The molecule has 0 bridgehead atoms. The highest BCUT2D eigenvalue weighted by molar-refractivity contribution is 6.05. The van der Waals surface area contributed by atoms with Crippen LogP contribution in [0.1, 0.15) is 21.7 Å². The van der Waals surface area contributed by atoms with Crippen LogP contribution in [0.4, 0.5) is 5.69 Å². The van der Waals surface area contributed by atoms with Gasteiger partial charge in [-0.25, -0.2) is 14.6 Å². The number of hydrogen-bond acceptors (Lipinski definition) is 6. The summed E-state index contributed by atoms with van der Waals surface area (Å²) in [5.41, 5.74) is 3.33. The van der Waals surface area contributed by atoms with Crippen molar-refractivity contribution in [2.45, 2.75) is 13.5 Å². The lowest BCUT2D eigenvalue weighted by molar-refractivity contribution is 0.102. The third-order valence-electron chi connectivity index (χ3n) is 5.33. The standard InChI is InChI=1S/C25H22N6O3/c1-17-20(14-27-31(17)23-7-3-5-11-26-23)25(32)29-18-9-10-21(33-2)22(13-18)34-16-19-15-30-12-6-4-8-24(30)28-19/h3-15H,16H2,1-2H3,(H,29,32). The number of rotatable bonds is 7. The molecule has 0 unspecified atom stereocenters. The topological polar surface area (TPSA) is 95.6 Å². The summed E-state index contributed by atoms with van der Waals surface area (Å²) < 4.78 is 15.0. The second-order valence-electron chi connectivity index (χ2n) is 7.55. The van der Waals surface area contributed by atoms with Gasteiger partial charge >= 0.3 is 0 Å². The quantitative estimate of drug-likeness (QED) is 0.398. The van der Waals surface area contributed by atoms with E-state index in [-0.39, 0.29) is 12.5 Å². The van der Waals surface area contributed by atoms with E-state index in [0.29, 0.717) is 34.3 Å². The normalized spacial score (nSPS) is 10.9. The number of imidazole rings is 1. The van der Waals surface area contributed by atoms with Gasteiger partial charge in [0.2, 0.25) is 0 Å². The number of benzene rings is 1. The molecule has 0 atom stereocenters. The lowest BCUT2D eigenvalue weighted by Crippen LogP contribution is -2.13. The van der Waals surface area contributed by atoms with Gasteiger partial charge in [-0.1, -0.05) is 12.1 Å². The SMILES string of the molecule is COc1ccc(NC(=O)c2cnn(-c3ccccn3)c2C)cc1OCc1cn2ccccc2n1. The van der Waals surface area contributed by atoms with Gasteiger partial charge in [0.25, 0.3) is 5.91 Å². The molecule has 1 amide bonds. The minimum absolute atomic E-state index is 0.255. The van der Waals surface area contributed by atoms with Gasteiger partial charge in [-0.05, 0) is 43.3 Å². The first-order chi connectivity index (χ1) is 16.6. The second kappa shape index (κ2) is 9.07. The Morgan fingerprint density at radius 1 is 1.09 bits per heavy atom. The lowest BCUT2D eigenvalue weighted by Gasteiger charge is -2.12. The molecule has 0 radical (unpaired) electrons. The molecule has 0 aliphatic carbocycles. The molecule has 9 heteroatoms. The molecule has 0 aliphatic rings. The van der Waals surface area contributed by atoms with Crippen LogP contribution in [0.25, 0.3) is 11.5 Å². The van der Waals surface area contributed by atoms with Crippen LogP contribution < -0.4 is 14.8 Å². The first-order valence-electron chi connectivity index (χ1n) is 10.6. The molecule has 5 rings (SSSR count). The van der Waals surface area contributed by atoms with Crippen LogP contribution >= 0.6 is 0 Å². The molecule has 0 saturated heterocycles. The van der Waals surface area contributed by atoms with Gasteiger partial charge in [-0.2, -0.15) is 5.10 Å². The minimum Gasteiger partial charge on any atom is -0.493 e. The van der Waals surface area contributed by atoms with Crippen molar-refractivity contribution < 1.29 is 14.3 Å². The van der Waals surface area contributed by atoms with Crippen molar-refractivity contribution in [2.24, 2.45) is 0 Å². The Balaban J connectivity index is 1.33. The fourth-order valence-corrected chi connectivity index (χ4v) is 3.62. The summed E-state index contributed by atoms with van der Waals surface area (Å²) >= 11 is 0. The number of pyridine rings is 2. The molecule has 1 N–H and O–H groups in total. The van der Waals surface area contributed by atoms with E-state index in [4.69, 9.17) is 9.47 Å². The van der Waals surface area contributed by atoms with E-state index < -0.39 is 0 Å². The fourth-order valence-electron chi connectivity index (χ4n) is 3.62. The molecule has 9 nitrogen and oxygen atoms in total. The summed E-state index contributed by atoms with van der Waals surface area (Å²) in [7, 11) is 1.57. The average Bonchev–Trinajstić information content (AvgIpc) is 3.46. The maximum absolute atomic E-state index is 13.0. The molecular formula is C25H22N6O3. The van der Waals surface area contributed by atoms with Crippen LogP contribution in [0, 0.1) is 6.92 Å². The Hall–Kier alpha value is -4.66. The number of hydrogen-bond donors (Lipinski definition) is 1. The maximum Gasteiger partial charge on any atom is 0.259 e. The largest absolute Gasteiger partial charge is 0.493 e. The molecule has 0 saturated carbocycles. The predicted molar refractivity (Wildman–Crippen MR) is 127 cm³/mol. The number of nitrogens with one attached hydrogen (secondary N) is 1. The van der Waals surface area contributed by atoms with Crippen molar-refractivity contribution in [3.63, 3.8) is 0 Å². The molecule has 0 aliphatic heterocycles. The smallest absolute Gasteiger partial charge is 0.259 e. The number of methoxy groups -OCH3 is 1. The highest BCUT2D eigenvalue weighted by Crippen LogP contribution is 2.31. The Morgan fingerprint density at radius 3 is 2.76 bits per heavy atom. The van der Waals surface area contributed by atoms with Gasteiger partial charge in [0.1, 0.15) is 12.3 Å². The fraction of sp³-hybridized carbons (Fsp3) is 0.120. The van der Waals surface area contributed by atoms with Gasteiger partial charge in [-0.15, -0.1) is 0 Å². The number of carbonyl (C=O) groups excluding carboxylic acids is 1. The van der Waals surface area contributed by atoms with Crippen LogP contribution in [0.5, 0.6) is 11.5 Å². The molecular weight excluding hydrogens is 432 g/mol. The zero-order valence-electron chi connectivity index (χ0n) is 18.7. The number of nitrogens with zero attached hydrogens (tertiary/aromatic N) is 5. The average molecular weight is 454 g/mol. The van der Waals surface area contributed by atoms with Gasteiger partial charge in [0.05, 0.1) is 30.3 Å². The number of aromatic nitrogens is 5. The summed E-state index contributed by atoms with van der Waals surface area (Å²) in [6, 6.07) is 16.6. The Labute approximate surface area is 195 Å². The zero-order valence-corrected chi connectivity index (χ0v) is 18.7. The molecule has 1 aromatic carbocycles. The molecule has 0 spiro atoms. The van der Waals surface area contributed by atoms with Crippen LogP contribution in [0.15, 0.2) is 79.4 Å². The van der Waals surface area contributed by atoms with E-state index >= 15 is 0 Å². The lowest BCUT2D eigenvalue weighted by atomic mass is 10.2. The second-order valence-corrected chi connectivity index (χ2v) is 7.55. The Morgan fingerprint density at radius 2 is 1.97 bits per heavy atom. The summed E-state index contributed by atoms with van der Waals surface area (Å²) in [4.78, 5) is 21.8.